The number of amides is 1. The van der Waals surface area contributed by atoms with Gasteiger partial charge in [0.15, 0.2) is 0 Å². The van der Waals surface area contributed by atoms with Crippen molar-refractivity contribution in [2.24, 2.45) is 0 Å². The van der Waals surface area contributed by atoms with Crippen molar-refractivity contribution in [3.05, 3.63) is 41.2 Å². The molecule has 2 N–H and O–H groups in total. The second kappa shape index (κ2) is 8.92. The number of carbonyl (C=O) groups is 1. The molecule has 7 heteroatoms. The molecule has 1 aromatic heterocycles. The fourth-order valence-corrected chi connectivity index (χ4v) is 3.13. The number of benzene rings is 1. The molecule has 136 valence electrons. The Hall–Kier alpha value is -1.99. The molecule has 25 heavy (non-hydrogen) atoms. The van der Waals surface area contributed by atoms with Gasteiger partial charge in [-0.05, 0) is 56.5 Å². The maximum atomic E-state index is 12.6. The zero-order valence-corrected chi connectivity index (χ0v) is 15.9. The van der Waals surface area contributed by atoms with Crippen LogP contribution in [-0.4, -0.2) is 52.6 Å². The highest BCUT2D eigenvalue weighted by molar-refractivity contribution is 7.98. The summed E-state index contributed by atoms with van der Waals surface area (Å²) in [4.78, 5) is 12.6. The minimum atomic E-state index is -0.251. The van der Waals surface area contributed by atoms with E-state index in [-0.39, 0.29) is 18.6 Å². The van der Waals surface area contributed by atoms with E-state index in [0.717, 1.165) is 23.6 Å². The predicted molar refractivity (Wildman–Crippen MR) is 101 cm³/mol. The molecule has 0 saturated heterocycles. The Balaban J connectivity index is 2.29. The molecule has 0 bridgehead atoms. The summed E-state index contributed by atoms with van der Waals surface area (Å²) in [6, 6.07) is 6.95. The van der Waals surface area contributed by atoms with E-state index in [0.29, 0.717) is 17.0 Å². The van der Waals surface area contributed by atoms with Crippen LogP contribution in [0.2, 0.25) is 0 Å². The van der Waals surface area contributed by atoms with Gasteiger partial charge < -0.3 is 15.2 Å². The number of nitrogens with one attached hydrogen (secondary N) is 1. The van der Waals surface area contributed by atoms with Crippen LogP contribution in [0.4, 0.5) is 0 Å². The molecule has 0 aliphatic rings. The van der Waals surface area contributed by atoms with Gasteiger partial charge in [-0.25, -0.2) is 4.68 Å². The van der Waals surface area contributed by atoms with Crippen LogP contribution in [0.3, 0.4) is 0 Å². The number of rotatable bonds is 8. The summed E-state index contributed by atoms with van der Waals surface area (Å²) < 4.78 is 7.18. The zero-order valence-electron chi connectivity index (χ0n) is 15.1. The summed E-state index contributed by atoms with van der Waals surface area (Å²) in [7, 11) is 1.59. The molecule has 2 aromatic rings. The minimum absolute atomic E-state index is 0.0766. The number of thioether (sulfide) groups is 1. The fourth-order valence-electron chi connectivity index (χ4n) is 2.61. The van der Waals surface area contributed by atoms with E-state index in [4.69, 9.17) is 4.74 Å². The molecule has 1 atom stereocenters. The van der Waals surface area contributed by atoms with E-state index < -0.39 is 0 Å². The van der Waals surface area contributed by atoms with Gasteiger partial charge in [0.05, 0.1) is 25.5 Å². The number of aliphatic hydroxyl groups excluding tert-OH is 1. The lowest BCUT2D eigenvalue weighted by Crippen LogP contribution is -2.38. The lowest BCUT2D eigenvalue weighted by molar-refractivity contribution is 0.0915. The van der Waals surface area contributed by atoms with Crippen molar-refractivity contribution in [1.29, 1.82) is 0 Å². The van der Waals surface area contributed by atoms with Gasteiger partial charge >= 0.3 is 0 Å². The Bertz CT molecular complexity index is 730. The molecule has 0 spiro atoms. The van der Waals surface area contributed by atoms with Crippen LogP contribution >= 0.6 is 11.8 Å². The summed E-state index contributed by atoms with van der Waals surface area (Å²) in [6.45, 7) is 3.80. The molecule has 1 aromatic carbocycles. The van der Waals surface area contributed by atoms with Gasteiger partial charge in [-0.2, -0.15) is 16.9 Å². The Labute approximate surface area is 152 Å². The first-order chi connectivity index (χ1) is 12.0. The fraction of sp³-hybridized carbons (Fsp3) is 0.444. The van der Waals surface area contributed by atoms with Crippen LogP contribution in [0, 0.1) is 13.8 Å². The highest BCUT2D eigenvalue weighted by atomic mass is 32.2. The number of aryl methyl sites for hydroxylation is 2. The molecule has 0 aliphatic carbocycles. The topological polar surface area (TPSA) is 76.4 Å². The number of hydrogen-bond donors (Lipinski definition) is 2. The summed E-state index contributed by atoms with van der Waals surface area (Å²) in [5.74, 6) is 1.31. The first-order valence-electron chi connectivity index (χ1n) is 8.12. The van der Waals surface area contributed by atoms with Gasteiger partial charge in [-0.3, -0.25) is 4.79 Å². The van der Waals surface area contributed by atoms with E-state index in [1.807, 2.05) is 26.2 Å². The molecule has 1 heterocycles. The highest BCUT2D eigenvalue weighted by Crippen LogP contribution is 2.25. The van der Waals surface area contributed by atoms with Crippen LogP contribution in [0.1, 0.15) is 28.2 Å². The first-order valence-corrected chi connectivity index (χ1v) is 9.51. The summed E-state index contributed by atoms with van der Waals surface area (Å²) in [5, 5.41) is 16.8. The number of hydrogen-bond acceptors (Lipinski definition) is 5. The largest absolute Gasteiger partial charge is 0.494 e. The third-order valence-corrected chi connectivity index (χ3v) is 4.55. The second-order valence-corrected chi connectivity index (χ2v) is 6.85. The van der Waals surface area contributed by atoms with Gasteiger partial charge in [0, 0.05) is 11.3 Å². The molecule has 1 amide bonds. The first kappa shape index (κ1) is 19.3. The van der Waals surface area contributed by atoms with Crippen LogP contribution < -0.4 is 10.1 Å². The lowest BCUT2D eigenvalue weighted by Gasteiger charge is -2.17. The maximum Gasteiger partial charge on any atom is 0.251 e. The lowest BCUT2D eigenvalue weighted by atomic mass is 10.1. The summed E-state index contributed by atoms with van der Waals surface area (Å²) in [6.07, 6.45) is 2.73. The summed E-state index contributed by atoms with van der Waals surface area (Å²) >= 11 is 1.69. The van der Waals surface area contributed by atoms with Crippen molar-refractivity contribution in [2.45, 2.75) is 26.3 Å². The molecular formula is C18H25N3O3S. The van der Waals surface area contributed by atoms with Gasteiger partial charge in [-0.15, -0.1) is 0 Å². The standard InChI is InChI=1S/C18H25N3O3S/c1-12-9-13(2)21(20-12)16-10-14(5-6-17(16)24-3)18(23)19-15(11-22)7-8-25-4/h5-6,9-10,15,22H,7-8,11H2,1-4H3,(H,19,23)/t15-/m0/s1. The smallest absolute Gasteiger partial charge is 0.251 e. The predicted octanol–water partition coefficient (Wildman–Crippen LogP) is 2.34. The molecule has 0 saturated carbocycles. The van der Waals surface area contributed by atoms with Crippen LogP contribution in [0.25, 0.3) is 5.69 Å². The van der Waals surface area contributed by atoms with Crippen LogP contribution in [0.5, 0.6) is 5.75 Å². The third kappa shape index (κ3) is 4.76. The monoisotopic (exact) mass is 363 g/mol. The van der Waals surface area contributed by atoms with Crippen molar-refractivity contribution < 1.29 is 14.6 Å². The van der Waals surface area contributed by atoms with Gasteiger partial charge in [-0.1, -0.05) is 0 Å². The number of nitrogens with zero attached hydrogens (tertiary/aromatic N) is 2. The third-order valence-electron chi connectivity index (χ3n) is 3.90. The minimum Gasteiger partial charge on any atom is -0.494 e. The number of aromatic nitrogens is 2. The van der Waals surface area contributed by atoms with E-state index >= 15 is 0 Å². The Morgan fingerprint density at radius 3 is 2.72 bits per heavy atom. The number of carbonyl (C=O) groups excluding carboxylic acids is 1. The van der Waals surface area contributed by atoms with Gasteiger partial charge in [0.25, 0.3) is 5.91 Å². The SMILES string of the molecule is COc1ccc(C(=O)N[C@H](CO)CCSC)cc1-n1nc(C)cc1C. The molecule has 0 aliphatic heterocycles. The molecular weight excluding hydrogens is 338 g/mol. The highest BCUT2D eigenvalue weighted by Gasteiger charge is 2.16. The van der Waals surface area contributed by atoms with E-state index in [9.17, 15) is 9.90 Å². The molecule has 0 fully saturated rings. The Morgan fingerprint density at radius 2 is 2.16 bits per heavy atom. The van der Waals surface area contributed by atoms with E-state index in [1.165, 1.54) is 0 Å². The average Bonchev–Trinajstić information content (AvgIpc) is 2.95. The van der Waals surface area contributed by atoms with Gasteiger partial charge in [0.2, 0.25) is 0 Å². The summed E-state index contributed by atoms with van der Waals surface area (Å²) in [5.41, 5.74) is 3.07. The second-order valence-electron chi connectivity index (χ2n) is 5.86. The van der Waals surface area contributed by atoms with E-state index in [1.54, 1.807) is 41.8 Å². The normalized spacial score (nSPS) is 12.0. The maximum absolute atomic E-state index is 12.6. The Kier molecular flexibility index (Phi) is 6.90. The number of methoxy groups -OCH3 is 1. The quantitative estimate of drug-likeness (QED) is 0.753. The Morgan fingerprint density at radius 1 is 1.40 bits per heavy atom. The average molecular weight is 363 g/mol. The zero-order chi connectivity index (χ0) is 18.4. The van der Waals surface area contributed by atoms with Crippen LogP contribution in [0.15, 0.2) is 24.3 Å². The number of ether oxygens (including phenoxy) is 1. The van der Waals surface area contributed by atoms with Crippen molar-refractivity contribution in [2.75, 3.05) is 25.7 Å². The molecule has 0 unspecified atom stereocenters. The molecule has 2 rings (SSSR count). The number of aliphatic hydroxyl groups is 1. The molecule has 6 nitrogen and oxygen atoms in total. The van der Waals surface area contributed by atoms with E-state index in [2.05, 4.69) is 10.4 Å². The van der Waals surface area contributed by atoms with Crippen molar-refractivity contribution in [3.63, 3.8) is 0 Å². The van der Waals surface area contributed by atoms with Crippen molar-refractivity contribution >= 4 is 17.7 Å². The van der Waals surface area contributed by atoms with Crippen LogP contribution in [-0.2, 0) is 0 Å². The van der Waals surface area contributed by atoms with Crippen molar-refractivity contribution in [3.8, 4) is 11.4 Å². The van der Waals surface area contributed by atoms with Gasteiger partial charge in [0.1, 0.15) is 11.4 Å². The molecule has 0 radical (unpaired) electrons. The van der Waals surface area contributed by atoms with Crippen molar-refractivity contribution in [1.82, 2.24) is 15.1 Å².